The summed E-state index contributed by atoms with van der Waals surface area (Å²) in [4.78, 5) is 0. The fourth-order valence-electron chi connectivity index (χ4n) is 1.65. The second kappa shape index (κ2) is 6.69. The third-order valence-electron chi connectivity index (χ3n) is 2.60. The van der Waals surface area contributed by atoms with Crippen molar-refractivity contribution in [2.75, 3.05) is 11.9 Å². The second-order valence-corrected chi connectivity index (χ2v) is 5.09. The summed E-state index contributed by atoms with van der Waals surface area (Å²) >= 11 is 11.9. The van der Waals surface area contributed by atoms with Gasteiger partial charge in [0.15, 0.2) is 0 Å². The minimum atomic E-state index is 0.0254. The Morgan fingerprint density at radius 2 is 1.74 bits per heavy atom. The van der Waals surface area contributed by atoms with Crippen LogP contribution in [-0.2, 0) is 0 Å². The standard InChI is InChI=1S/C15H15Cl2NO/c1-11(19-13-8-6-12(16)7-9-13)10-18-15-5-3-2-4-14(15)17/h2-9,11,18H,10H2,1H3/t11-/m1/s1. The van der Waals surface area contributed by atoms with E-state index in [9.17, 15) is 0 Å². The van der Waals surface area contributed by atoms with Crippen LogP contribution in [0.3, 0.4) is 0 Å². The molecule has 0 spiro atoms. The van der Waals surface area contributed by atoms with Crippen molar-refractivity contribution < 1.29 is 4.74 Å². The molecule has 2 nitrogen and oxygen atoms in total. The van der Waals surface area contributed by atoms with E-state index in [0.29, 0.717) is 16.6 Å². The van der Waals surface area contributed by atoms with Crippen LogP contribution in [0.1, 0.15) is 6.92 Å². The molecule has 4 heteroatoms. The molecule has 19 heavy (non-hydrogen) atoms. The van der Waals surface area contributed by atoms with Gasteiger partial charge in [0.2, 0.25) is 0 Å². The number of ether oxygens (including phenoxy) is 1. The molecule has 0 amide bonds. The largest absolute Gasteiger partial charge is 0.489 e. The molecule has 0 radical (unpaired) electrons. The van der Waals surface area contributed by atoms with E-state index in [1.54, 1.807) is 0 Å². The molecule has 2 aromatic rings. The molecule has 0 unspecified atom stereocenters. The number of halogens is 2. The summed E-state index contributed by atoms with van der Waals surface area (Å²) in [7, 11) is 0. The third kappa shape index (κ3) is 4.34. The van der Waals surface area contributed by atoms with Gasteiger partial charge >= 0.3 is 0 Å². The van der Waals surface area contributed by atoms with Crippen molar-refractivity contribution >= 4 is 28.9 Å². The van der Waals surface area contributed by atoms with Gasteiger partial charge in [0.1, 0.15) is 11.9 Å². The van der Waals surface area contributed by atoms with Gasteiger partial charge in [-0.05, 0) is 43.3 Å². The zero-order chi connectivity index (χ0) is 13.7. The van der Waals surface area contributed by atoms with Crippen LogP contribution in [0.4, 0.5) is 5.69 Å². The Labute approximate surface area is 123 Å². The van der Waals surface area contributed by atoms with E-state index < -0.39 is 0 Å². The monoisotopic (exact) mass is 295 g/mol. The van der Waals surface area contributed by atoms with Gasteiger partial charge in [0.25, 0.3) is 0 Å². The molecule has 0 aliphatic carbocycles. The second-order valence-electron chi connectivity index (χ2n) is 4.24. The van der Waals surface area contributed by atoms with E-state index in [1.165, 1.54) is 0 Å². The molecule has 0 heterocycles. The molecule has 0 aromatic heterocycles. The SMILES string of the molecule is C[C@H](CNc1ccccc1Cl)Oc1ccc(Cl)cc1. The van der Waals surface area contributed by atoms with Crippen molar-refractivity contribution in [1.29, 1.82) is 0 Å². The fourth-order valence-corrected chi connectivity index (χ4v) is 1.97. The van der Waals surface area contributed by atoms with Crippen molar-refractivity contribution in [3.8, 4) is 5.75 Å². The Hall–Kier alpha value is -1.38. The highest BCUT2D eigenvalue weighted by molar-refractivity contribution is 6.33. The molecule has 0 saturated carbocycles. The van der Waals surface area contributed by atoms with E-state index in [-0.39, 0.29) is 6.10 Å². The van der Waals surface area contributed by atoms with Crippen LogP contribution in [0.5, 0.6) is 5.75 Å². The first-order valence-electron chi connectivity index (χ1n) is 6.06. The maximum atomic E-state index is 6.07. The van der Waals surface area contributed by atoms with Crippen LogP contribution < -0.4 is 10.1 Å². The molecule has 2 rings (SSSR count). The Balaban J connectivity index is 1.86. The number of hydrogen-bond donors (Lipinski definition) is 1. The fraction of sp³-hybridized carbons (Fsp3) is 0.200. The Morgan fingerprint density at radius 3 is 2.42 bits per heavy atom. The first-order valence-corrected chi connectivity index (χ1v) is 6.81. The number of anilines is 1. The lowest BCUT2D eigenvalue weighted by molar-refractivity contribution is 0.235. The molecule has 0 bridgehead atoms. The number of benzene rings is 2. The summed E-state index contributed by atoms with van der Waals surface area (Å²) in [5.74, 6) is 0.804. The zero-order valence-electron chi connectivity index (χ0n) is 10.6. The highest BCUT2D eigenvalue weighted by atomic mass is 35.5. The van der Waals surface area contributed by atoms with E-state index in [1.807, 2.05) is 55.5 Å². The smallest absolute Gasteiger partial charge is 0.119 e. The summed E-state index contributed by atoms with van der Waals surface area (Å²) in [6.07, 6.45) is 0.0254. The average molecular weight is 296 g/mol. The lowest BCUT2D eigenvalue weighted by atomic mass is 10.3. The molecular weight excluding hydrogens is 281 g/mol. The van der Waals surface area contributed by atoms with Crippen molar-refractivity contribution in [3.05, 3.63) is 58.6 Å². The van der Waals surface area contributed by atoms with Crippen LogP contribution >= 0.6 is 23.2 Å². The quantitative estimate of drug-likeness (QED) is 0.849. The van der Waals surface area contributed by atoms with Crippen LogP contribution in [0.2, 0.25) is 10.0 Å². The first-order chi connectivity index (χ1) is 9.15. The normalized spacial score (nSPS) is 11.9. The number of nitrogens with one attached hydrogen (secondary N) is 1. The Morgan fingerprint density at radius 1 is 1.05 bits per heavy atom. The van der Waals surface area contributed by atoms with Gasteiger partial charge in [0.05, 0.1) is 17.3 Å². The van der Waals surface area contributed by atoms with E-state index in [2.05, 4.69) is 5.32 Å². The molecule has 1 atom stereocenters. The Kier molecular flexibility index (Phi) is 4.94. The molecule has 100 valence electrons. The zero-order valence-corrected chi connectivity index (χ0v) is 12.1. The first kappa shape index (κ1) is 14.0. The lowest BCUT2D eigenvalue weighted by Gasteiger charge is -2.16. The van der Waals surface area contributed by atoms with E-state index in [0.717, 1.165) is 11.4 Å². The van der Waals surface area contributed by atoms with Gasteiger partial charge in [-0.2, -0.15) is 0 Å². The molecule has 1 N–H and O–H groups in total. The van der Waals surface area contributed by atoms with Gasteiger partial charge in [-0.15, -0.1) is 0 Å². The van der Waals surface area contributed by atoms with Crippen molar-refractivity contribution in [2.45, 2.75) is 13.0 Å². The average Bonchev–Trinajstić information content (AvgIpc) is 2.40. The van der Waals surface area contributed by atoms with Gasteiger partial charge in [-0.3, -0.25) is 0 Å². The molecule has 0 fully saturated rings. The predicted octanol–water partition coefficient (Wildman–Crippen LogP) is 4.87. The van der Waals surface area contributed by atoms with E-state index in [4.69, 9.17) is 27.9 Å². The molecule has 0 saturated heterocycles. The molecule has 0 aliphatic heterocycles. The van der Waals surface area contributed by atoms with Crippen molar-refractivity contribution in [1.82, 2.24) is 0 Å². The minimum Gasteiger partial charge on any atom is -0.489 e. The van der Waals surface area contributed by atoms with Gasteiger partial charge in [0, 0.05) is 5.02 Å². The van der Waals surface area contributed by atoms with Gasteiger partial charge in [-0.1, -0.05) is 35.3 Å². The maximum absolute atomic E-state index is 6.07. The Bertz CT molecular complexity index is 528. The molecular formula is C15H15Cl2NO. The predicted molar refractivity (Wildman–Crippen MR) is 81.5 cm³/mol. The van der Waals surface area contributed by atoms with Crippen LogP contribution in [0, 0.1) is 0 Å². The van der Waals surface area contributed by atoms with Crippen molar-refractivity contribution in [3.63, 3.8) is 0 Å². The lowest BCUT2D eigenvalue weighted by Crippen LogP contribution is -2.22. The topological polar surface area (TPSA) is 21.3 Å². The minimum absolute atomic E-state index is 0.0254. The summed E-state index contributed by atoms with van der Waals surface area (Å²) in [5, 5.41) is 4.67. The summed E-state index contributed by atoms with van der Waals surface area (Å²) in [6, 6.07) is 15.0. The van der Waals surface area contributed by atoms with Crippen LogP contribution in [0.25, 0.3) is 0 Å². The number of para-hydroxylation sites is 1. The molecule has 2 aromatic carbocycles. The summed E-state index contributed by atoms with van der Waals surface area (Å²) in [6.45, 7) is 2.67. The third-order valence-corrected chi connectivity index (χ3v) is 3.19. The number of hydrogen-bond acceptors (Lipinski definition) is 2. The van der Waals surface area contributed by atoms with Gasteiger partial charge in [-0.25, -0.2) is 0 Å². The van der Waals surface area contributed by atoms with Gasteiger partial charge < -0.3 is 10.1 Å². The highest BCUT2D eigenvalue weighted by Gasteiger charge is 2.05. The summed E-state index contributed by atoms with van der Waals surface area (Å²) < 4.78 is 5.77. The summed E-state index contributed by atoms with van der Waals surface area (Å²) in [5.41, 5.74) is 0.913. The van der Waals surface area contributed by atoms with Crippen LogP contribution in [-0.4, -0.2) is 12.6 Å². The number of rotatable bonds is 5. The van der Waals surface area contributed by atoms with E-state index >= 15 is 0 Å². The van der Waals surface area contributed by atoms with Crippen molar-refractivity contribution in [2.24, 2.45) is 0 Å². The van der Waals surface area contributed by atoms with Crippen LogP contribution in [0.15, 0.2) is 48.5 Å². The maximum Gasteiger partial charge on any atom is 0.119 e. The molecule has 0 aliphatic rings. The highest BCUT2D eigenvalue weighted by Crippen LogP contribution is 2.21.